The molecule has 0 aromatic heterocycles. The van der Waals surface area contributed by atoms with Gasteiger partial charge in [-0.15, -0.1) is 0 Å². The van der Waals surface area contributed by atoms with Crippen molar-refractivity contribution < 1.29 is 18.0 Å². The molecule has 3 aromatic carbocycles. The molecule has 39 heavy (non-hydrogen) atoms. The second kappa shape index (κ2) is 14.4. The van der Waals surface area contributed by atoms with Crippen LogP contribution in [-0.2, 0) is 32.6 Å². The van der Waals surface area contributed by atoms with E-state index in [0.717, 1.165) is 29.0 Å². The Balaban J connectivity index is 2.03. The first kappa shape index (κ1) is 30.5. The van der Waals surface area contributed by atoms with Crippen LogP contribution in [0.4, 0.5) is 5.69 Å². The van der Waals surface area contributed by atoms with Gasteiger partial charge in [0.1, 0.15) is 12.6 Å². The van der Waals surface area contributed by atoms with Crippen molar-refractivity contribution in [2.45, 2.75) is 38.8 Å². The molecule has 0 radical (unpaired) electrons. The van der Waals surface area contributed by atoms with E-state index >= 15 is 0 Å². The number of benzene rings is 3. The molecule has 0 aliphatic heterocycles. The molecule has 0 spiro atoms. The first-order chi connectivity index (χ1) is 18.6. The summed E-state index contributed by atoms with van der Waals surface area (Å²) in [7, 11) is -3.81. The standard InChI is InChI=1S/C29H33Cl2N3O4S/c1-3-4-17-32-29(36)27(19-22-11-7-5-8-12-22)33(20-23-15-16-25(30)26(31)18-23)28(35)21-34(39(2,37)38)24-13-9-6-10-14-24/h5-16,18,27H,3-4,17,19-21H2,1-2H3,(H,32,36)/t27-/m0/s1. The van der Waals surface area contributed by atoms with Gasteiger partial charge in [0.2, 0.25) is 21.8 Å². The van der Waals surface area contributed by atoms with E-state index in [9.17, 15) is 18.0 Å². The fourth-order valence-electron chi connectivity index (χ4n) is 4.10. The summed E-state index contributed by atoms with van der Waals surface area (Å²) in [6, 6.07) is 21.9. The summed E-state index contributed by atoms with van der Waals surface area (Å²) < 4.78 is 26.5. The second-order valence-electron chi connectivity index (χ2n) is 9.23. The number of nitrogens with zero attached hydrogens (tertiary/aromatic N) is 2. The summed E-state index contributed by atoms with van der Waals surface area (Å²) in [5, 5.41) is 3.63. The van der Waals surface area contributed by atoms with Gasteiger partial charge in [0.25, 0.3) is 0 Å². The van der Waals surface area contributed by atoms with Gasteiger partial charge < -0.3 is 10.2 Å². The van der Waals surface area contributed by atoms with Crippen LogP contribution in [0.3, 0.4) is 0 Å². The molecule has 1 atom stereocenters. The normalized spacial score (nSPS) is 12.0. The molecule has 0 saturated heterocycles. The Bertz CT molecular complexity index is 1360. The average molecular weight is 591 g/mol. The predicted molar refractivity (Wildman–Crippen MR) is 157 cm³/mol. The number of sulfonamides is 1. The smallest absolute Gasteiger partial charge is 0.244 e. The lowest BCUT2D eigenvalue weighted by Crippen LogP contribution is -2.53. The van der Waals surface area contributed by atoms with Gasteiger partial charge in [0, 0.05) is 19.5 Å². The molecule has 0 saturated carbocycles. The van der Waals surface area contributed by atoms with Crippen molar-refractivity contribution >= 4 is 50.7 Å². The molecule has 0 bridgehead atoms. The molecule has 2 amide bonds. The van der Waals surface area contributed by atoms with Crippen molar-refractivity contribution in [1.29, 1.82) is 0 Å². The maximum atomic E-state index is 14.0. The number of hydrogen-bond donors (Lipinski definition) is 1. The monoisotopic (exact) mass is 589 g/mol. The van der Waals surface area contributed by atoms with Gasteiger partial charge in [-0.3, -0.25) is 13.9 Å². The topological polar surface area (TPSA) is 86.8 Å². The maximum Gasteiger partial charge on any atom is 0.244 e. The maximum absolute atomic E-state index is 14.0. The van der Waals surface area contributed by atoms with E-state index in [-0.39, 0.29) is 18.9 Å². The number of para-hydroxylation sites is 1. The van der Waals surface area contributed by atoms with Gasteiger partial charge in [0.05, 0.1) is 22.0 Å². The van der Waals surface area contributed by atoms with Crippen molar-refractivity contribution in [3.8, 4) is 0 Å². The van der Waals surface area contributed by atoms with E-state index in [1.807, 2.05) is 37.3 Å². The fourth-order valence-corrected chi connectivity index (χ4v) is 5.27. The fraction of sp³-hybridized carbons (Fsp3) is 0.310. The summed E-state index contributed by atoms with van der Waals surface area (Å²) >= 11 is 12.4. The summed E-state index contributed by atoms with van der Waals surface area (Å²) in [5.74, 6) is -0.840. The number of halogens is 2. The molecular weight excluding hydrogens is 557 g/mol. The molecule has 0 heterocycles. The number of hydrogen-bond acceptors (Lipinski definition) is 4. The SMILES string of the molecule is CCCCNC(=O)[C@H](Cc1ccccc1)N(Cc1ccc(Cl)c(Cl)c1)C(=O)CN(c1ccccc1)S(C)(=O)=O. The number of rotatable bonds is 13. The molecule has 1 N–H and O–H groups in total. The van der Waals surface area contributed by atoms with E-state index in [1.165, 1.54) is 4.90 Å². The molecule has 3 rings (SSSR count). The highest BCUT2D eigenvalue weighted by Gasteiger charge is 2.33. The predicted octanol–water partition coefficient (Wildman–Crippen LogP) is 5.32. The summed E-state index contributed by atoms with van der Waals surface area (Å²) in [6.45, 7) is 2.05. The van der Waals surface area contributed by atoms with Crippen molar-refractivity contribution in [3.05, 3.63) is 100 Å². The van der Waals surface area contributed by atoms with Gasteiger partial charge in [-0.05, 0) is 41.8 Å². The van der Waals surface area contributed by atoms with Gasteiger partial charge in [-0.2, -0.15) is 0 Å². The Morgan fingerprint density at radius 3 is 2.13 bits per heavy atom. The largest absolute Gasteiger partial charge is 0.354 e. The highest BCUT2D eigenvalue weighted by molar-refractivity contribution is 7.92. The number of nitrogens with one attached hydrogen (secondary N) is 1. The molecule has 0 fully saturated rings. The van der Waals surface area contributed by atoms with Crippen LogP contribution >= 0.6 is 23.2 Å². The van der Waals surface area contributed by atoms with E-state index in [1.54, 1.807) is 48.5 Å². The van der Waals surface area contributed by atoms with Crippen LogP contribution in [0.1, 0.15) is 30.9 Å². The Morgan fingerprint density at radius 1 is 0.897 bits per heavy atom. The average Bonchev–Trinajstić information content (AvgIpc) is 2.91. The van der Waals surface area contributed by atoms with Gasteiger partial charge in [-0.25, -0.2) is 8.42 Å². The van der Waals surface area contributed by atoms with Gasteiger partial charge in [0.15, 0.2) is 0 Å². The Labute approximate surface area is 240 Å². The zero-order chi connectivity index (χ0) is 28.4. The van der Waals surface area contributed by atoms with Crippen LogP contribution < -0.4 is 9.62 Å². The lowest BCUT2D eigenvalue weighted by atomic mass is 10.0. The zero-order valence-corrected chi connectivity index (χ0v) is 24.3. The molecule has 10 heteroatoms. The second-order valence-corrected chi connectivity index (χ2v) is 11.9. The minimum atomic E-state index is -3.81. The van der Waals surface area contributed by atoms with Crippen LogP contribution in [0.5, 0.6) is 0 Å². The lowest BCUT2D eigenvalue weighted by molar-refractivity contribution is -0.140. The first-order valence-corrected chi connectivity index (χ1v) is 15.3. The lowest BCUT2D eigenvalue weighted by Gasteiger charge is -2.33. The highest BCUT2D eigenvalue weighted by Crippen LogP contribution is 2.25. The molecule has 0 unspecified atom stereocenters. The minimum Gasteiger partial charge on any atom is -0.354 e. The molecular formula is C29H33Cl2N3O4S. The third-order valence-electron chi connectivity index (χ3n) is 6.16. The summed E-state index contributed by atoms with van der Waals surface area (Å²) in [6.07, 6.45) is 2.99. The van der Waals surface area contributed by atoms with E-state index < -0.39 is 28.5 Å². The van der Waals surface area contributed by atoms with Crippen molar-refractivity contribution in [3.63, 3.8) is 0 Å². The van der Waals surface area contributed by atoms with Crippen LogP contribution in [-0.4, -0.2) is 50.5 Å². The molecule has 0 aliphatic rings. The zero-order valence-electron chi connectivity index (χ0n) is 22.0. The van der Waals surface area contributed by atoms with E-state index in [2.05, 4.69) is 5.32 Å². The number of amides is 2. The van der Waals surface area contributed by atoms with Crippen LogP contribution in [0.2, 0.25) is 10.0 Å². The van der Waals surface area contributed by atoms with Crippen LogP contribution in [0.25, 0.3) is 0 Å². The summed E-state index contributed by atoms with van der Waals surface area (Å²) in [4.78, 5) is 29.0. The summed E-state index contributed by atoms with van der Waals surface area (Å²) in [5.41, 5.74) is 1.88. The van der Waals surface area contributed by atoms with Crippen molar-refractivity contribution in [2.24, 2.45) is 0 Å². The van der Waals surface area contributed by atoms with Crippen molar-refractivity contribution in [2.75, 3.05) is 23.7 Å². The highest BCUT2D eigenvalue weighted by atomic mass is 35.5. The Morgan fingerprint density at radius 2 is 1.54 bits per heavy atom. The van der Waals surface area contributed by atoms with Crippen LogP contribution in [0, 0.1) is 0 Å². The molecule has 0 aliphatic carbocycles. The minimum absolute atomic E-state index is 0.0286. The number of carbonyl (C=O) groups excluding carboxylic acids is 2. The van der Waals surface area contributed by atoms with Gasteiger partial charge >= 0.3 is 0 Å². The first-order valence-electron chi connectivity index (χ1n) is 12.7. The molecule has 7 nitrogen and oxygen atoms in total. The molecule has 3 aromatic rings. The third-order valence-corrected chi connectivity index (χ3v) is 8.04. The third kappa shape index (κ3) is 8.98. The van der Waals surface area contributed by atoms with Crippen molar-refractivity contribution in [1.82, 2.24) is 10.2 Å². The number of carbonyl (C=O) groups is 2. The van der Waals surface area contributed by atoms with E-state index in [0.29, 0.717) is 27.8 Å². The van der Waals surface area contributed by atoms with Crippen LogP contribution in [0.15, 0.2) is 78.9 Å². The Kier molecular flexibility index (Phi) is 11.2. The molecule has 208 valence electrons. The number of unbranched alkanes of at least 4 members (excludes halogenated alkanes) is 1. The number of anilines is 1. The van der Waals surface area contributed by atoms with Gasteiger partial charge in [-0.1, -0.05) is 91.1 Å². The Hall–Kier alpha value is -3.07. The quantitative estimate of drug-likeness (QED) is 0.273. The van der Waals surface area contributed by atoms with E-state index in [4.69, 9.17) is 23.2 Å².